The Bertz CT molecular complexity index is 2040. The molecule has 15 nitrogen and oxygen atoms in total. The molecular weight excluding hydrogens is 671 g/mol. The van der Waals surface area contributed by atoms with Gasteiger partial charge in [0.15, 0.2) is 0 Å². The van der Waals surface area contributed by atoms with Gasteiger partial charge in [-0.15, -0.1) is 23.8 Å². The average Bonchev–Trinajstić information content (AvgIpc) is 2.86. The van der Waals surface area contributed by atoms with Crippen molar-refractivity contribution in [3.63, 3.8) is 0 Å². The minimum Gasteiger partial charge on any atom is -0.744 e. The number of aromatic hydroxyl groups is 1. The Balaban J connectivity index is 0.00000249. The van der Waals surface area contributed by atoms with E-state index in [9.17, 15) is 31.0 Å². The van der Waals surface area contributed by atoms with Crippen molar-refractivity contribution in [1.82, 2.24) is 0 Å². The SMILES string of the molecule is Cc1cc(N=Nc2cc(S(=O)(=O)[O-])c3cc(S(=O)(=O)[O-])cc(O)c3c2N)ccc1N=Nc1c[c-]ccc1.O=S(=O)=O.[Na+].[Na+].[Na+]. The van der Waals surface area contributed by atoms with Crippen molar-refractivity contribution in [2.45, 2.75) is 16.7 Å². The van der Waals surface area contributed by atoms with Gasteiger partial charge < -0.3 is 19.9 Å². The molecule has 0 atom stereocenters. The molecule has 0 amide bonds. The molecule has 0 aliphatic rings. The number of fused-ring (bicyclic) bond motifs is 1. The summed E-state index contributed by atoms with van der Waals surface area (Å²) in [6.07, 6.45) is 0. The summed E-state index contributed by atoms with van der Waals surface area (Å²) >= 11 is 0. The van der Waals surface area contributed by atoms with E-state index in [0.717, 1.165) is 6.07 Å². The molecule has 44 heavy (non-hydrogen) atoms. The van der Waals surface area contributed by atoms with E-state index in [2.05, 4.69) is 26.5 Å². The maximum absolute atomic E-state index is 11.9. The molecule has 3 N–H and O–H groups in total. The van der Waals surface area contributed by atoms with Gasteiger partial charge >= 0.3 is 99.3 Å². The smallest absolute Gasteiger partial charge is 0.744 e. The Hall–Kier alpha value is -1.62. The fourth-order valence-corrected chi connectivity index (χ4v) is 4.61. The monoisotopic (exact) mass is 687 g/mol. The summed E-state index contributed by atoms with van der Waals surface area (Å²) in [4.78, 5) is -1.87. The van der Waals surface area contributed by atoms with Gasteiger partial charge in [0.05, 0.1) is 32.2 Å². The Labute approximate surface area is 319 Å². The molecule has 21 heteroatoms. The largest absolute Gasteiger partial charge is 1.00 e. The summed E-state index contributed by atoms with van der Waals surface area (Å²) in [6, 6.07) is 16.7. The van der Waals surface area contributed by atoms with Crippen LogP contribution in [0.5, 0.6) is 5.75 Å². The van der Waals surface area contributed by atoms with Crippen molar-refractivity contribution in [1.29, 1.82) is 0 Å². The third kappa shape index (κ3) is 11.6. The molecular formula is C23H16N5Na3O10S3. The third-order valence-corrected chi connectivity index (χ3v) is 6.83. The molecule has 0 saturated carbocycles. The molecule has 0 aliphatic heterocycles. The molecule has 214 valence electrons. The van der Waals surface area contributed by atoms with E-state index in [1.54, 1.807) is 49.4 Å². The molecule has 0 spiro atoms. The minimum atomic E-state index is -5.21. The van der Waals surface area contributed by atoms with E-state index in [1.165, 1.54) is 0 Å². The van der Waals surface area contributed by atoms with E-state index in [-0.39, 0.29) is 105 Å². The molecule has 0 radical (unpaired) electrons. The second kappa shape index (κ2) is 17.9. The number of nitrogen functional groups attached to an aromatic ring is 1. The van der Waals surface area contributed by atoms with Crippen LogP contribution in [-0.4, -0.2) is 43.7 Å². The molecule has 4 aromatic carbocycles. The molecule has 0 bridgehead atoms. The van der Waals surface area contributed by atoms with Gasteiger partial charge in [0.25, 0.3) is 0 Å². The summed E-state index contributed by atoms with van der Waals surface area (Å²) in [5.41, 5.74) is 7.66. The topological polar surface area (TPSA) is 261 Å². The summed E-state index contributed by atoms with van der Waals surface area (Å²) in [5, 5.41) is 25.6. The molecule has 0 saturated heterocycles. The van der Waals surface area contributed by atoms with E-state index in [1.807, 2.05) is 0 Å². The molecule has 4 aromatic rings. The van der Waals surface area contributed by atoms with Crippen LogP contribution in [0.3, 0.4) is 0 Å². The predicted molar refractivity (Wildman–Crippen MR) is 140 cm³/mol. The van der Waals surface area contributed by atoms with Gasteiger partial charge in [-0.1, -0.05) is 0 Å². The minimum absolute atomic E-state index is 0. The Kier molecular flexibility index (Phi) is 17.2. The first-order chi connectivity index (χ1) is 19.1. The number of nitrogens with zero attached hydrogens (tertiary/aromatic N) is 4. The number of anilines is 1. The number of rotatable bonds is 6. The standard InChI is InChI=1S/C23H18N5O7S2.3Na.O3S/c1-13-9-15(7-8-18(13)27-25-14-5-3-2-4-6-14)26-28-19-12-21(37(33,34)35)17-10-16(36(30,31)32)11-20(29)22(17)23(19)24;;;;1-4(2)3/h2-3,5-12,29H,24H2,1H3,(H,30,31,32)(H,33,34,35);;;;/q-1;3*+1;/p-2. The Morgan fingerprint density at radius 2 is 1.41 bits per heavy atom. The van der Waals surface area contributed by atoms with Crippen LogP contribution in [-0.2, 0) is 30.8 Å². The predicted octanol–water partition coefficient (Wildman–Crippen LogP) is -5.12. The molecule has 0 aliphatic carbocycles. The molecule has 0 aromatic heterocycles. The van der Waals surface area contributed by atoms with E-state index >= 15 is 0 Å². The van der Waals surface area contributed by atoms with E-state index < -0.39 is 51.8 Å². The maximum atomic E-state index is 11.9. The van der Waals surface area contributed by atoms with Crippen molar-refractivity contribution < 1.29 is 132 Å². The van der Waals surface area contributed by atoms with Crippen LogP contribution in [0.4, 0.5) is 28.4 Å². The van der Waals surface area contributed by atoms with Gasteiger partial charge in [-0.2, -0.15) is 34.5 Å². The number of phenols is 1. The molecule has 0 heterocycles. The van der Waals surface area contributed by atoms with Crippen molar-refractivity contribution >= 4 is 70.1 Å². The number of aryl methyl sites for hydroxylation is 1. The van der Waals surface area contributed by atoms with E-state index in [4.69, 9.17) is 18.4 Å². The fourth-order valence-electron chi connectivity index (χ4n) is 3.40. The summed E-state index contributed by atoms with van der Waals surface area (Å²) < 4.78 is 95.2. The van der Waals surface area contributed by atoms with Gasteiger partial charge in [-0.25, -0.2) is 21.9 Å². The summed E-state index contributed by atoms with van der Waals surface area (Å²) in [5.74, 6) is -0.826. The average molecular weight is 688 g/mol. The first kappa shape index (κ1) is 42.4. The quantitative estimate of drug-likeness (QED) is 0.0637. The molecule has 4 rings (SSSR count). The number of nitrogens with two attached hydrogens (primary N) is 1. The number of hydrogen-bond acceptors (Lipinski definition) is 15. The molecule has 0 unspecified atom stereocenters. The van der Waals surface area contributed by atoms with Crippen LogP contribution >= 0.6 is 0 Å². The molecule has 0 fully saturated rings. The maximum Gasteiger partial charge on any atom is 1.00 e. The van der Waals surface area contributed by atoms with Gasteiger partial charge in [-0.05, 0) is 54.6 Å². The van der Waals surface area contributed by atoms with Gasteiger partial charge in [0, 0.05) is 5.39 Å². The Morgan fingerprint density at radius 1 is 0.818 bits per heavy atom. The number of phenolic OH excluding ortho intramolecular Hbond substituents is 1. The second-order valence-corrected chi connectivity index (χ2v) is 11.1. The fraction of sp³-hybridized carbons (Fsp3) is 0.0435. The van der Waals surface area contributed by atoms with Crippen LogP contribution < -0.4 is 94.4 Å². The van der Waals surface area contributed by atoms with Crippen LogP contribution in [0.2, 0.25) is 0 Å². The summed E-state index contributed by atoms with van der Waals surface area (Å²) in [7, 11) is -13.4. The first-order valence-electron chi connectivity index (χ1n) is 10.8. The van der Waals surface area contributed by atoms with Crippen molar-refractivity contribution in [3.05, 3.63) is 72.3 Å². The zero-order valence-electron chi connectivity index (χ0n) is 23.5. The number of benzene rings is 4. The van der Waals surface area contributed by atoms with Crippen LogP contribution in [0.1, 0.15) is 5.56 Å². The van der Waals surface area contributed by atoms with Gasteiger partial charge in [0.1, 0.15) is 31.7 Å². The van der Waals surface area contributed by atoms with Crippen LogP contribution in [0.15, 0.2) is 90.9 Å². The van der Waals surface area contributed by atoms with E-state index in [0.29, 0.717) is 34.8 Å². The van der Waals surface area contributed by atoms with Crippen molar-refractivity contribution in [2.75, 3.05) is 5.73 Å². The van der Waals surface area contributed by atoms with Crippen molar-refractivity contribution in [2.24, 2.45) is 20.5 Å². The van der Waals surface area contributed by atoms with Crippen LogP contribution in [0, 0.1) is 13.0 Å². The van der Waals surface area contributed by atoms with Crippen LogP contribution in [0.25, 0.3) is 10.8 Å². The van der Waals surface area contributed by atoms with Crippen molar-refractivity contribution in [3.8, 4) is 5.75 Å². The van der Waals surface area contributed by atoms with Gasteiger partial charge in [0.2, 0.25) is 0 Å². The second-order valence-electron chi connectivity index (χ2n) is 7.92. The first-order valence-corrected chi connectivity index (χ1v) is 14.6. The van der Waals surface area contributed by atoms with Gasteiger partial charge in [-0.3, -0.25) is 0 Å². The number of hydrogen-bond donors (Lipinski definition) is 2. The zero-order chi connectivity index (χ0) is 30.5. The Morgan fingerprint density at radius 3 is 1.93 bits per heavy atom. The summed E-state index contributed by atoms with van der Waals surface area (Å²) in [6.45, 7) is 1.76. The third-order valence-electron chi connectivity index (χ3n) is 5.15. The zero-order valence-corrected chi connectivity index (χ0v) is 31.9. The number of azo groups is 2. The normalized spacial score (nSPS) is 11.2.